The molecule has 2 rings (SSSR count). The van der Waals surface area contributed by atoms with Crippen LogP contribution < -0.4 is 10.6 Å². The molecule has 1 aliphatic rings. The Bertz CT molecular complexity index is 440. The number of aromatic nitrogens is 2. The number of rotatable bonds is 6. The summed E-state index contributed by atoms with van der Waals surface area (Å²) < 4.78 is 0. The van der Waals surface area contributed by atoms with Gasteiger partial charge in [-0.2, -0.15) is 0 Å². The molecular formula is C12H18N4O3. The van der Waals surface area contributed by atoms with Gasteiger partial charge in [-0.3, -0.25) is 4.79 Å². The van der Waals surface area contributed by atoms with Crippen LogP contribution in [0.15, 0.2) is 12.4 Å². The average Bonchev–Trinajstić information content (AvgIpc) is 2.80. The van der Waals surface area contributed by atoms with Crippen molar-refractivity contribution in [1.29, 1.82) is 0 Å². The van der Waals surface area contributed by atoms with Gasteiger partial charge < -0.3 is 20.7 Å². The minimum absolute atomic E-state index is 0.189. The minimum Gasteiger partial charge on any atom is -0.481 e. The number of carbonyl (C=O) groups is 2. The molecule has 4 N–H and O–H groups in total. The second-order valence-electron chi connectivity index (χ2n) is 4.83. The molecule has 0 aliphatic heterocycles. The number of carboxylic acid groups (broad SMARTS) is 1. The molecule has 1 saturated carbocycles. The number of aliphatic carboxylic acids is 1. The van der Waals surface area contributed by atoms with Crippen LogP contribution in [0.4, 0.5) is 4.79 Å². The highest BCUT2D eigenvalue weighted by molar-refractivity contribution is 5.78. The maximum Gasteiger partial charge on any atom is 0.314 e. The van der Waals surface area contributed by atoms with Gasteiger partial charge in [-0.05, 0) is 12.8 Å². The van der Waals surface area contributed by atoms with Crippen LogP contribution in [0.3, 0.4) is 0 Å². The molecule has 0 atom stereocenters. The molecule has 0 unspecified atom stereocenters. The molecule has 1 aromatic heterocycles. The Kier molecular flexibility index (Phi) is 4.03. The summed E-state index contributed by atoms with van der Waals surface area (Å²) in [6, 6.07) is -0.334. The van der Waals surface area contributed by atoms with Crippen LogP contribution in [-0.4, -0.2) is 40.2 Å². The van der Waals surface area contributed by atoms with Crippen molar-refractivity contribution in [3.63, 3.8) is 0 Å². The number of hydrogen-bond acceptors (Lipinski definition) is 3. The number of nitrogens with zero attached hydrogens (tertiary/aromatic N) is 1. The molecule has 0 aromatic carbocycles. The van der Waals surface area contributed by atoms with Gasteiger partial charge in [-0.25, -0.2) is 9.78 Å². The number of carboxylic acids is 1. The maximum atomic E-state index is 11.5. The van der Waals surface area contributed by atoms with Gasteiger partial charge in [0.05, 0.1) is 5.41 Å². The van der Waals surface area contributed by atoms with Crippen LogP contribution >= 0.6 is 0 Å². The zero-order chi connectivity index (χ0) is 13.7. The largest absolute Gasteiger partial charge is 0.481 e. The molecular weight excluding hydrogens is 248 g/mol. The predicted molar refractivity (Wildman–Crippen MR) is 67.6 cm³/mol. The van der Waals surface area contributed by atoms with Crippen LogP contribution in [0.2, 0.25) is 0 Å². The van der Waals surface area contributed by atoms with Crippen LogP contribution in [0.25, 0.3) is 0 Å². The zero-order valence-corrected chi connectivity index (χ0v) is 10.6. The van der Waals surface area contributed by atoms with E-state index in [-0.39, 0.29) is 12.6 Å². The first-order valence-corrected chi connectivity index (χ1v) is 6.36. The number of carbonyl (C=O) groups excluding carboxylic acids is 1. The second kappa shape index (κ2) is 5.73. The smallest absolute Gasteiger partial charge is 0.314 e. The summed E-state index contributed by atoms with van der Waals surface area (Å²) in [5.74, 6) is -0.0177. The highest BCUT2D eigenvalue weighted by Crippen LogP contribution is 2.40. The normalized spacial score (nSPS) is 16.4. The third-order valence-corrected chi connectivity index (χ3v) is 3.55. The van der Waals surface area contributed by atoms with Gasteiger partial charge in [0, 0.05) is 31.9 Å². The molecule has 7 heteroatoms. The number of imidazole rings is 1. The molecule has 0 saturated heterocycles. The summed E-state index contributed by atoms with van der Waals surface area (Å²) in [5.41, 5.74) is -0.752. The highest BCUT2D eigenvalue weighted by atomic mass is 16.4. The molecule has 104 valence electrons. The van der Waals surface area contributed by atoms with Crippen molar-refractivity contribution in [3.05, 3.63) is 18.2 Å². The van der Waals surface area contributed by atoms with Crippen molar-refractivity contribution >= 4 is 12.0 Å². The summed E-state index contributed by atoms with van der Waals surface area (Å²) in [5, 5.41) is 14.4. The fourth-order valence-corrected chi connectivity index (χ4v) is 2.11. The Morgan fingerprint density at radius 1 is 1.42 bits per heavy atom. The van der Waals surface area contributed by atoms with E-state index in [0.29, 0.717) is 25.8 Å². The van der Waals surface area contributed by atoms with E-state index in [1.807, 2.05) is 0 Å². The van der Waals surface area contributed by atoms with Crippen LogP contribution in [0.5, 0.6) is 0 Å². The van der Waals surface area contributed by atoms with Gasteiger partial charge in [-0.15, -0.1) is 0 Å². The number of amides is 2. The first kappa shape index (κ1) is 13.4. The van der Waals surface area contributed by atoms with E-state index in [9.17, 15) is 9.59 Å². The maximum absolute atomic E-state index is 11.5. The molecule has 0 spiro atoms. The average molecular weight is 266 g/mol. The molecule has 1 fully saturated rings. The van der Waals surface area contributed by atoms with Crippen LogP contribution in [0.1, 0.15) is 25.1 Å². The Hall–Kier alpha value is -2.05. The fourth-order valence-electron chi connectivity index (χ4n) is 2.11. The number of nitrogens with one attached hydrogen (secondary N) is 3. The van der Waals surface area contributed by atoms with Crippen molar-refractivity contribution in [2.75, 3.05) is 13.1 Å². The molecule has 2 amide bonds. The van der Waals surface area contributed by atoms with E-state index < -0.39 is 11.4 Å². The van der Waals surface area contributed by atoms with Gasteiger partial charge in [0.25, 0.3) is 0 Å². The third kappa shape index (κ3) is 3.24. The van der Waals surface area contributed by atoms with Crippen LogP contribution in [-0.2, 0) is 11.2 Å². The number of H-pyrrole nitrogens is 1. The van der Waals surface area contributed by atoms with Crippen molar-refractivity contribution in [2.24, 2.45) is 5.41 Å². The first-order valence-electron chi connectivity index (χ1n) is 6.36. The van der Waals surface area contributed by atoms with Crippen LogP contribution in [0, 0.1) is 5.41 Å². The van der Waals surface area contributed by atoms with Gasteiger partial charge in [0.15, 0.2) is 0 Å². The molecule has 1 aromatic rings. The monoisotopic (exact) mass is 266 g/mol. The topological polar surface area (TPSA) is 107 Å². The molecule has 1 aliphatic carbocycles. The Morgan fingerprint density at radius 3 is 2.74 bits per heavy atom. The lowest BCUT2D eigenvalue weighted by molar-refractivity contribution is -0.153. The molecule has 7 nitrogen and oxygen atoms in total. The lowest BCUT2D eigenvalue weighted by atomic mass is 9.69. The Morgan fingerprint density at radius 2 is 2.21 bits per heavy atom. The summed E-state index contributed by atoms with van der Waals surface area (Å²) in [6.07, 6.45) is 6.17. The van der Waals surface area contributed by atoms with Crippen molar-refractivity contribution in [1.82, 2.24) is 20.6 Å². The predicted octanol–water partition coefficient (Wildman–Crippen LogP) is 0.506. The first-order chi connectivity index (χ1) is 9.12. The highest BCUT2D eigenvalue weighted by Gasteiger charge is 2.44. The van der Waals surface area contributed by atoms with Gasteiger partial charge >= 0.3 is 12.0 Å². The van der Waals surface area contributed by atoms with E-state index in [1.54, 1.807) is 12.4 Å². The summed E-state index contributed by atoms with van der Waals surface area (Å²) in [7, 11) is 0. The van der Waals surface area contributed by atoms with Gasteiger partial charge in [0.1, 0.15) is 5.82 Å². The lowest BCUT2D eigenvalue weighted by Gasteiger charge is -2.37. The lowest BCUT2D eigenvalue weighted by Crippen LogP contribution is -2.49. The molecule has 19 heavy (non-hydrogen) atoms. The number of urea groups is 1. The van der Waals surface area contributed by atoms with E-state index in [2.05, 4.69) is 20.6 Å². The Balaban J connectivity index is 1.66. The summed E-state index contributed by atoms with van der Waals surface area (Å²) in [6.45, 7) is 0.647. The van der Waals surface area contributed by atoms with E-state index in [4.69, 9.17) is 5.11 Å². The summed E-state index contributed by atoms with van der Waals surface area (Å²) in [4.78, 5) is 29.6. The quantitative estimate of drug-likeness (QED) is 0.601. The number of hydrogen-bond donors (Lipinski definition) is 4. The van der Waals surface area contributed by atoms with Crippen molar-refractivity contribution < 1.29 is 14.7 Å². The Labute approximate surface area is 110 Å². The van der Waals surface area contributed by atoms with Crippen molar-refractivity contribution in [2.45, 2.75) is 25.7 Å². The van der Waals surface area contributed by atoms with Gasteiger partial charge in [0.2, 0.25) is 0 Å². The second-order valence-corrected chi connectivity index (χ2v) is 4.83. The number of aromatic amines is 1. The zero-order valence-electron chi connectivity index (χ0n) is 10.6. The van der Waals surface area contributed by atoms with E-state index in [1.165, 1.54) is 0 Å². The molecule has 0 bridgehead atoms. The SMILES string of the molecule is O=C(NCCc1ncc[nH]1)NCC1(C(=O)O)CCC1. The standard InChI is InChI=1S/C12H18N4O3/c17-10(18)12(3-1-4-12)8-16-11(19)15-5-2-9-13-6-7-14-9/h6-7H,1-5,8H2,(H,13,14)(H,17,18)(H2,15,16,19). The summed E-state index contributed by atoms with van der Waals surface area (Å²) >= 11 is 0. The van der Waals surface area contributed by atoms with E-state index in [0.717, 1.165) is 12.2 Å². The minimum atomic E-state index is -0.824. The van der Waals surface area contributed by atoms with Crippen molar-refractivity contribution in [3.8, 4) is 0 Å². The third-order valence-electron chi connectivity index (χ3n) is 3.55. The van der Waals surface area contributed by atoms with Gasteiger partial charge in [-0.1, -0.05) is 6.42 Å². The van der Waals surface area contributed by atoms with E-state index >= 15 is 0 Å². The fraction of sp³-hybridized carbons (Fsp3) is 0.583. The molecule has 1 heterocycles. The molecule has 0 radical (unpaired) electrons.